The number of nitrogens with zero attached hydrogens (tertiary/aromatic N) is 1. The van der Waals surface area contributed by atoms with Crippen molar-refractivity contribution < 1.29 is 9.59 Å². The Balaban J connectivity index is 1.44. The molecular formula is C22H23N3O2. The lowest BCUT2D eigenvalue weighted by atomic mass is 9.89. The summed E-state index contributed by atoms with van der Waals surface area (Å²) in [6.45, 7) is 2.95. The lowest BCUT2D eigenvalue weighted by molar-refractivity contribution is -0.114. The first-order valence-electron chi connectivity index (χ1n) is 9.35. The van der Waals surface area contributed by atoms with Crippen LogP contribution < -0.4 is 5.32 Å². The number of aromatic nitrogens is 1. The maximum Gasteiger partial charge on any atom is 0.253 e. The van der Waals surface area contributed by atoms with Gasteiger partial charge in [0.2, 0.25) is 5.91 Å². The number of rotatable bonds is 3. The van der Waals surface area contributed by atoms with Crippen molar-refractivity contribution in [3.63, 3.8) is 0 Å². The molecule has 0 unspecified atom stereocenters. The van der Waals surface area contributed by atoms with Gasteiger partial charge in [-0.05, 0) is 48.6 Å². The molecule has 138 valence electrons. The Kier molecular flexibility index (Phi) is 4.67. The fraction of sp³-hybridized carbons (Fsp3) is 0.273. The molecule has 0 aliphatic carbocycles. The van der Waals surface area contributed by atoms with Crippen molar-refractivity contribution in [3.8, 4) is 0 Å². The molecular weight excluding hydrogens is 338 g/mol. The summed E-state index contributed by atoms with van der Waals surface area (Å²) in [6, 6.07) is 15.5. The number of anilines is 1. The van der Waals surface area contributed by atoms with Crippen molar-refractivity contribution in [2.45, 2.75) is 25.7 Å². The number of fused-ring (bicyclic) bond motifs is 1. The molecule has 1 aliphatic rings. The van der Waals surface area contributed by atoms with Crippen molar-refractivity contribution in [2.24, 2.45) is 0 Å². The van der Waals surface area contributed by atoms with E-state index in [2.05, 4.69) is 34.7 Å². The normalized spacial score (nSPS) is 15.1. The maximum absolute atomic E-state index is 12.9. The third-order valence-corrected chi connectivity index (χ3v) is 5.27. The van der Waals surface area contributed by atoms with Crippen LogP contribution >= 0.6 is 0 Å². The zero-order chi connectivity index (χ0) is 18.8. The Morgan fingerprint density at radius 1 is 1.07 bits per heavy atom. The first kappa shape index (κ1) is 17.3. The van der Waals surface area contributed by atoms with Gasteiger partial charge in [0, 0.05) is 48.4 Å². The Bertz CT molecular complexity index is 984. The summed E-state index contributed by atoms with van der Waals surface area (Å²) in [5.41, 5.74) is 3.79. The summed E-state index contributed by atoms with van der Waals surface area (Å²) in [4.78, 5) is 29.3. The summed E-state index contributed by atoms with van der Waals surface area (Å²) in [5, 5.41) is 4.02. The van der Waals surface area contributed by atoms with E-state index >= 15 is 0 Å². The number of hydrogen-bond acceptors (Lipinski definition) is 2. The van der Waals surface area contributed by atoms with Gasteiger partial charge in [0.1, 0.15) is 0 Å². The molecule has 0 saturated carbocycles. The zero-order valence-electron chi connectivity index (χ0n) is 15.4. The van der Waals surface area contributed by atoms with Gasteiger partial charge in [0.05, 0.1) is 0 Å². The number of para-hydroxylation sites is 1. The highest BCUT2D eigenvalue weighted by molar-refractivity contribution is 5.97. The maximum atomic E-state index is 12.9. The van der Waals surface area contributed by atoms with E-state index in [0.29, 0.717) is 17.2 Å². The molecule has 5 nitrogen and oxygen atoms in total. The van der Waals surface area contributed by atoms with Crippen molar-refractivity contribution in [3.05, 3.63) is 65.9 Å². The van der Waals surface area contributed by atoms with Gasteiger partial charge in [0.15, 0.2) is 0 Å². The molecule has 2 aromatic carbocycles. The second kappa shape index (κ2) is 7.27. The predicted octanol–water partition coefficient (Wildman–Crippen LogP) is 4.15. The highest BCUT2D eigenvalue weighted by Crippen LogP contribution is 2.33. The fourth-order valence-electron chi connectivity index (χ4n) is 3.94. The number of benzene rings is 2. The zero-order valence-corrected chi connectivity index (χ0v) is 15.4. The quantitative estimate of drug-likeness (QED) is 0.736. The van der Waals surface area contributed by atoms with E-state index in [9.17, 15) is 9.59 Å². The van der Waals surface area contributed by atoms with Crippen molar-refractivity contribution >= 4 is 28.4 Å². The smallest absolute Gasteiger partial charge is 0.253 e. The number of carbonyl (C=O) groups excluding carboxylic acids is 2. The van der Waals surface area contributed by atoms with E-state index in [0.717, 1.165) is 25.9 Å². The van der Waals surface area contributed by atoms with Gasteiger partial charge in [0.25, 0.3) is 5.91 Å². The molecule has 0 spiro atoms. The van der Waals surface area contributed by atoms with Crippen LogP contribution in [0.1, 0.15) is 41.6 Å². The van der Waals surface area contributed by atoms with E-state index in [1.54, 1.807) is 24.3 Å². The predicted molar refractivity (Wildman–Crippen MR) is 107 cm³/mol. The summed E-state index contributed by atoms with van der Waals surface area (Å²) < 4.78 is 0. The van der Waals surface area contributed by atoms with Crippen LogP contribution in [0, 0.1) is 0 Å². The third-order valence-electron chi connectivity index (χ3n) is 5.27. The minimum atomic E-state index is -0.140. The van der Waals surface area contributed by atoms with E-state index < -0.39 is 0 Å². The molecule has 1 aliphatic heterocycles. The second-order valence-corrected chi connectivity index (χ2v) is 7.12. The summed E-state index contributed by atoms with van der Waals surface area (Å²) in [6.07, 6.45) is 4.03. The summed E-state index contributed by atoms with van der Waals surface area (Å²) in [5.74, 6) is 0.356. The van der Waals surface area contributed by atoms with Gasteiger partial charge in [-0.2, -0.15) is 0 Å². The molecule has 1 fully saturated rings. The van der Waals surface area contributed by atoms with Gasteiger partial charge in [-0.1, -0.05) is 24.3 Å². The highest BCUT2D eigenvalue weighted by Gasteiger charge is 2.26. The topological polar surface area (TPSA) is 65.2 Å². The highest BCUT2D eigenvalue weighted by atomic mass is 16.2. The van der Waals surface area contributed by atoms with Gasteiger partial charge in [-0.25, -0.2) is 0 Å². The summed E-state index contributed by atoms with van der Waals surface area (Å²) >= 11 is 0. The molecule has 2 N–H and O–H groups in total. The first-order chi connectivity index (χ1) is 13.1. The van der Waals surface area contributed by atoms with Gasteiger partial charge in [-0.3, -0.25) is 9.59 Å². The summed E-state index contributed by atoms with van der Waals surface area (Å²) in [7, 11) is 0. The minimum Gasteiger partial charge on any atom is -0.361 e. The molecule has 4 rings (SSSR count). The number of carbonyl (C=O) groups is 2. The SMILES string of the molecule is CC(=O)Nc1cccc(C(=O)N2CCC(c3c[nH]c4ccccc34)CC2)c1. The van der Waals surface area contributed by atoms with Crippen LogP contribution in [0.5, 0.6) is 0 Å². The molecule has 0 atom stereocenters. The average Bonchev–Trinajstić information content (AvgIpc) is 3.11. The van der Waals surface area contributed by atoms with E-state index in [4.69, 9.17) is 0 Å². The molecule has 27 heavy (non-hydrogen) atoms. The van der Waals surface area contributed by atoms with Crippen LogP contribution in [-0.2, 0) is 4.79 Å². The van der Waals surface area contributed by atoms with Crippen LogP contribution in [-0.4, -0.2) is 34.8 Å². The van der Waals surface area contributed by atoms with Crippen LogP contribution in [0.4, 0.5) is 5.69 Å². The molecule has 2 amide bonds. The number of nitrogens with one attached hydrogen (secondary N) is 2. The fourth-order valence-corrected chi connectivity index (χ4v) is 3.94. The second-order valence-electron chi connectivity index (χ2n) is 7.12. The number of H-pyrrole nitrogens is 1. The van der Waals surface area contributed by atoms with E-state index in [1.165, 1.54) is 23.4 Å². The van der Waals surface area contributed by atoms with Crippen LogP contribution in [0.3, 0.4) is 0 Å². The number of aromatic amines is 1. The van der Waals surface area contributed by atoms with Crippen molar-refractivity contribution in [1.29, 1.82) is 0 Å². The monoisotopic (exact) mass is 361 g/mol. The van der Waals surface area contributed by atoms with Gasteiger partial charge >= 0.3 is 0 Å². The van der Waals surface area contributed by atoms with Gasteiger partial charge < -0.3 is 15.2 Å². The molecule has 5 heteroatoms. The van der Waals surface area contributed by atoms with E-state index in [1.807, 2.05) is 11.0 Å². The molecule has 1 aromatic heterocycles. The lowest BCUT2D eigenvalue weighted by Gasteiger charge is -2.32. The number of piperidine rings is 1. The van der Waals surface area contributed by atoms with Crippen LogP contribution in [0.15, 0.2) is 54.7 Å². The Morgan fingerprint density at radius 2 is 1.85 bits per heavy atom. The Morgan fingerprint density at radius 3 is 2.63 bits per heavy atom. The average molecular weight is 361 g/mol. The molecule has 0 radical (unpaired) electrons. The molecule has 2 heterocycles. The Hall–Kier alpha value is -3.08. The number of hydrogen-bond donors (Lipinski definition) is 2. The standard InChI is InChI=1S/C22H23N3O2/c1-15(26)24-18-6-4-5-17(13-18)22(27)25-11-9-16(10-12-25)20-14-23-21-8-3-2-7-19(20)21/h2-8,13-14,16,23H,9-12H2,1H3,(H,24,26). The lowest BCUT2D eigenvalue weighted by Crippen LogP contribution is -2.37. The number of amides is 2. The largest absolute Gasteiger partial charge is 0.361 e. The first-order valence-corrected chi connectivity index (χ1v) is 9.35. The third kappa shape index (κ3) is 3.58. The minimum absolute atomic E-state index is 0.0274. The molecule has 3 aromatic rings. The van der Waals surface area contributed by atoms with E-state index in [-0.39, 0.29) is 11.8 Å². The van der Waals surface area contributed by atoms with Crippen molar-refractivity contribution in [1.82, 2.24) is 9.88 Å². The van der Waals surface area contributed by atoms with Crippen molar-refractivity contribution in [2.75, 3.05) is 18.4 Å². The van der Waals surface area contributed by atoms with Gasteiger partial charge in [-0.15, -0.1) is 0 Å². The Labute approximate surface area is 158 Å². The number of likely N-dealkylation sites (tertiary alicyclic amines) is 1. The van der Waals surface area contributed by atoms with Crippen LogP contribution in [0.25, 0.3) is 10.9 Å². The van der Waals surface area contributed by atoms with Crippen LogP contribution in [0.2, 0.25) is 0 Å². The molecule has 0 bridgehead atoms. The molecule has 1 saturated heterocycles.